The normalized spacial score (nSPS) is 12.1. The second kappa shape index (κ2) is 4.87. The number of nitrogens with zero attached hydrogens (tertiary/aromatic N) is 3. The Balaban J connectivity index is 2.15. The fourth-order valence-corrected chi connectivity index (χ4v) is 1.33. The molecule has 0 saturated carbocycles. The maximum absolute atomic E-state index is 10.6. The van der Waals surface area contributed by atoms with E-state index < -0.39 is 12.1 Å². The highest BCUT2D eigenvalue weighted by Gasteiger charge is 2.15. The smallest absolute Gasteiger partial charge is 0.344 e. The van der Waals surface area contributed by atoms with E-state index in [2.05, 4.69) is 10.1 Å². The van der Waals surface area contributed by atoms with Crippen LogP contribution in [0.3, 0.4) is 0 Å². The Morgan fingerprint density at radius 2 is 2.06 bits per heavy atom. The standard InChI is InChI=1S/C12H13N3O3/c1-8-3-5-10(6-4-8)15-7-13-12(14-15)18-9(2)11(16)17/h3-7,9H,1-2H3,(H,16,17). The molecule has 1 N–H and O–H groups in total. The molecule has 0 fully saturated rings. The fourth-order valence-electron chi connectivity index (χ4n) is 1.33. The highest BCUT2D eigenvalue weighted by atomic mass is 16.5. The summed E-state index contributed by atoms with van der Waals surface area (Å²) in [5.74, 6) is -1.05. The SMILES string of the molecule is Cc1ccc(-n2cnc(OC(C)C(=O)O)n2)cc1. The van der Waals surface area contributed by atoms with Crippen LogP contribution in [0.4, 0.5) is 0 Å². The molecule has 2 rings (SSSR count). The summed E-state index contributed by atoms with van der Waals surface area (Å²) >= 11 is 0. The van der Waals surface area contributed by atoms with Gasteiger partial charge in [-0.15, -0.1) is 5.10 Å². The molecule has 6 nitrogen and oxygen atoms in total. The van der Waals surface area contributed by atoms with E-state index in [0.29, 0.717) is 0 Å². The van der Waals surface area contributed by atoms with Crippen LogP contribution < -0.4 is 4.74 Å². The van der Waals surface area contributed by atoms with Crippen molar-refractivity contribution < 1.29 is 14.6 Å². The molecular weight excluding hydrogens is 234 g/mol. The van der Waals surface area contributed by atoms with Gasteiger partial charge in [-0.3, -0.25) is 0 Å². The largest absolute Gasteiger partial charge is 0.479 e. The van der Waals surface area contributed by atoms with Crippen LogP contribution >= 0.6 is 0 Å². The van der Waals surface area contributed by atoms with Crippen molar-refractivity contribution in [2.24, 2.45) is 0 Å². The number of carbonyl (C=O) groups is 1. The molecule has 0 saturated heterocycles. The van der Waals surface area contributed by atoms with E-state index in [0.717, 1.165) is 11.3 Å². The second-order valence-electron chi connectivity index (χ2n) is 3.91. The molecule has 0 aliphatic heterocycles. The summed E-state index contributed by atoms with van der Waals surface area (Å²) in [7, 11) is 0. The zero-order valence-electron chi connectivity index (χ0n) is 10.1. The van der Waals surface area contributed by atoms with Crippen LogP contribution in [-0.4, -0.2) is 31.9 Å². The number of aryl methyl sites for hydroxylation is 1. The molecule has 0 bridgehead atoms. The monoisotopic (exact) mass is 247 g/mol. The van der Waals surface area contributed by atoms with Crippen molar-refractivity contribution in [3.8, 4) is 11.7 Å². The van der Waals surface area contributed by atoms with Gasteiger partial charge in [-0.05, 0) is 26.0 Å². The lowest BCUT2D eigenvalue weighted by Crippen LogP contribution is -2.23. The highest BCUT2D eigenvalue weighted by molar-refractivity contribution is 5.72. The molecule has 94 valence electrons. The van der Waals surface area contributed by atoms with Crippen LogP contribution in [0.15, 0.2) is 30.6 Å². The number of aliphatic carboxylic acids is 1. The van der Waals surface area contributed by atoms with E-state index in [1.54, 1.807) is 0 Å². The lowest BCUT2D eigenvalue weighted by molar-refractivity contribution is -0.144. The van der Waals surface area contributed by atoms with Gasteiger partial charge in [0.05, 0.1) is 5.69 Å². The van der Waals surface area contributed by atoms with E-state index in [1.807, 2.05) is 31.2 Å². The number of hydrogen-bond donors (Lipinski definition) is 1. The average molecular weight is 247 g/mol. The predicted octanol–water partition coefficient (Wildman–Crippen LogP) is 1.43. The Morgan fingerprint density at radius 3 is 2.67 bits per heavy atom. The minimum absolute atomic E-state index is 0.0467. The summed E-state index contributed by atoms with van der Waals surface area (Å²) in [6, 6.07) is 7.75. The maximum atomic E-state index is 10.6. The number of ether oxygens (including phenoxy) is 1. The molecule has 0 aliphatic rings. The first-order valence-electron chi connectivity index (χ1n) is 5.44. The van der Waals surface area contributed by atoms with E-state index in [-0.39, 0.29) is 6.01 Å². The van der Waals surface area contributed by atoms with Gasteiger partial charge in [-0.1, -0.05) is 17.7 Å². The number of hydrogen-bond acceptors (Lipinski definition) is 4. The van der Waals surface area contributed by atoms with Gasteiger partial charge in [0.15, 0.2) is 6.10 Å². The lowest BCUT2D eigenvalue weighted by Gasteiger charge is -2.05. The third-order valence-electron chi connectivity index (χ3n) is 2.40. The first-order chi connectivity index (χ1) is 8.56. The summed E-state index contributed by atoms with van der Waals surface area (Å²) in [5, 5.41) is 12.8. The summed E-state index contributed by atoms with van der Waals surface area (Å²) in [6.45, 7) is 3.42. The van der Waals surface area contributed by atoms with Crippen molar-refractivity contribution in [3.63, 3.8) is 0 Å². The highest BCUT2D eigenvalue weighted by Crippen LogP contribution is 2.11. The third kappa shape index (κ3) is 2.65. The molecule has 1 aromatic carbocycles. The van der Waals surface area contributed by atoms with Crippen molar-refractivity contribution in [2.45, 2.75) is 20.0 Å². The molecule has 0 radical (unpaired) electrons. The van der Waals surface area contributed by atoms with Crippen molar-refractivity contribution in [1.29, 1.82) is 0 Å². The van der Waals surface area contributed by atoms with Gasteiger partial charge in [0.1, 0.15) is 6.33 Å². The van der Waals surface area contributed by atoms with Gasteiger partial charge in [0.2, 0.25) is 0 Å². The fraction of sp³-hybridized carbons (Fsp3) is 0.250. The summed E-state index contributed by atoms with van der Waals surface area (Å²) in [6.07, 6.45) is 0.507. The number of carboxylic acids is 1. The zero-order chi connectivity index (χ0) is 13.1. The van der Waals surface area contributed by atoms with Crippen molar-refractivity contribution >= 4 is 5.97 Å². The number of rotatable bonds is 4. The van der Waals surface area contributed by atoms with Crippen LogP contribution in [0.5, 0.6) is 6.01 Å². The molecular formula is C12H13N3O3. The first-order valence-corrected chi connectivity index (χ1v) is 5.44. The average Bonchev–Trinajstić information content (AvgIpc) is 2.78. The minimum Gasteiger partial charge on any atom is -0.479 e. The van der Waals surface area contributed by atoms with Crippen LogP contribution in [-0.2, 0) is 4.79 Å². The van der Waals surface area contributed by atoms with Gasteiger partial charge < -0.3 is 9.84 Å². The third-order valence-corrected chi connectivity index (χ3v) is 2.40. The number of carboxylic acid groups (broad SMARTS) is 1. The Bertz CT molecular complexity index is 548. The van der Waals surface area contributed by atoms with Crippen LogP contribution in [0.1, 0.15) is 12.5 Å². The van der Waals surface area contributed by atoms with Crippen molar-refractivity contribution in [1.82, 2.24) is 14.8 Å². The molecule has 1 unspecified atom stereocenters. The van der Waals surface area contributed by atoms with E-state index >= 15 is 0 Å². The van der Waals surface area contributed by atoms with Crippen LogP contribution in [0, 0.1) is 6.92 Å². The summed E-state index contributed by atoms with van der Waals surface area (Å²) < 4.78 is 6.59. The van der Waals surface area contributed by atoms with Crippen molar-refractivity contribution in [2.75, 3.05) is 0 Å². The first kappa shape index (κ1) is 12.1. The van der Waals surface area contributed by atoms with Gasteiger partial charge in [0.25, 0.3) is 0 Å². The van der Waals surface area contributed by atoms with Crippen LogP contribution in [0.2, 0.25) is 0 Å². The molecule has 18 heavy (non-hydrogen) atoms. The molecule has 0 spiro atoms. The second-order valence-corrected chi connectivity index (χ2v) is 3.91. The maximum Gasteiger partial charge on any atom is 0.344 e. The van der Waals surface area contributed by atoms with Gasteiger partial charge in [0, 0.05) is 0 Å². The quantitative estimate of drug-likeness (QED) is 0.884. The Kier molecular flexibility index (Phi) is 3.27. The molecule has 1 aromatic heterocycles. The molecule has 1 atom stereocenters. The van der Waals surface area contributed by atoms with Gasteiger partial charge >= 0.3 is 12.0 Å². The van der Waals surface area contributed by atoms with E-state index in [4.69, 9.17) is 9.84 Å². The zero-order valence-corrected chi connectivity index (χ0v) is 10.1. The molecule has 6 heteroatoms. The molecule has 2 aromatic rings. The Hall–Kier alpha value is -2.37. The summed E-state index contributed by atoms with van der Waals surface area (Å²) in [5.41, 5.74) is 1.99. The van der Waals surface area contributed by atoms with Gasteiger partial charge in [-0.25, -0.2) is 9.48 Å². The van der Waals surface area contributed by atoms with E-state index in [9.17, 15) is 4.79 Å². The summed E-state index contributed by atoms with van der Waals surface area (Å²) in [4.78, 5) is 14.5. The Morgan fingerprint density at radius 1 is 1.39 bits per heavy atom. The topological polar surface area (TPSA) is 77.2 Å². The van der Waals surface area contributed by atoms with Gasteiger partial charge in [-0.2, -0.15) is 4.98 Å². The van der Waals surface area contributed by atoms with E-state index in [1.165, 1.54) is 17.9 Å². The number of aromatic nitrogens is 3. The van der Waals surface area contributed by atoms with Crippen molar-refractivity contribution in [3.05, 3.63) is 36.2 Å². The predicted molar refractivity (Wildman–Crippen MR) is 63.8 cm³/mol. The lowest BCUT2D eigenvalue weighted by atomic mass is 10.2. The number of benzene rings is 1. The minimum atomic E-state index is -1.05. The molecule has 0 amide bonds. The molecule has 0 aliphatic carbocycles. The Labute approximate surface area is 104 Å². The molecule has 1 heterocycles. The van der Waals surface area contributed by atoms with Crippen LogP contribution in [0.25, 0.3) is 5.69 Å².